The Morgan fingerprint density at radius 2 is 2.35 bits per heavy atom. The number of anilines is 1. The number of carbonyl (C=O) groups is 1. The molecule has 0 aromatic carbocycles. The van der Waals surface area contributed by atoms with Gasteiger partial charge in [0.05, 0.1) is 25.2 Å². The van der Waals surface area contributed by atoms with Crippen LogP contribution in [0.15, 0.2) is 29.1 Å². The maximum absolute atomic E-state index is 12.6. The van der Waals surface area contributed by atoms with Crippen LogP contribution in [0.4, 0.5) is 5.82 Å². The summed E-state index contributed by atoms with van der Waals surface area (Å²) in [5, 5.41) is 12.6. The molecule has 0 radical (unpaired) electrons. The van der Waals surface area contributed by atoms with Gasteiger partial charge >= 0.3 is 0 Å². The van der Waals surface area contributed by atoms with Crippen LogP contribution in [0, 0.1) is 29.6 Å². The van der Waals surface area contributed by atoms with Crippen LogP contribution in [0.2, 0.25) is 0 Å². The van der Waals surface area contributed by atoms with Gasteiger partial charge in [0.2, 0.25) is 0 Å². The predicted octanol–water partition coefficient (Wildman–Crippen LogP) is 1.45. The van der Waals surface area contributed by atoms with Crippen LogP contribution in [0.25, 0.3) is 0 Å². The highest BCUT2D eigenvalue weighted by Gasteiger charge is 2.53. The summed E-state index contributed by atoms with van der Waals surface area (Å²) in [6.07, 6.45) is 2.95. The van der Waals surface area contributed by atoms with Gasteiger partial charge in [0.25, 0.3) is 5.91 Å². The Morgan fingerprint density at radius 1 is 1.50 bits per heavy atom. The van der Waals surface area contributed by atoms with E-state index < -0.39 is 0 Å². The Labute approximate surface area is 150 Å². The van der Waals surface area contributed by atoms with Crippen molar-refractivity contribution in [2.75, 3.05) is 38.2 Å². The van der Waals surface area contributed by atoms with Gasteiger partial charge in [0.1, 0.15) is 23.8 Å². The molecule has 1 unspecified atom stereocenters. The molecule has 2 aromatic heterocycles. The second-order valence-corrected chi connectivity index (χ2v) is 6.89. The van der Waals surface area contributed by atoms with E-state index in [1.54, 1.807) is 19.1 Å². The molecule has 1 amide bonds. The highest BCUT2D eigenvalue weighted by atomic mass is 16.5. The third-order valence-corrected chi connectivity index (χ3v) is 5.28. The molecule has 1 spiro atoms. The first-order chi connectivity index (χ1) is 12.6. The van der Waals surface area contributed by atoms with Crippen LogP contribution in [0.1, 0.15) is 21.8 Å². The van der Waals surface area contributed by atoms with E-state index in [0.717, 1.165) is 0 Å². The lowest BCUT2D eigenvalue weighted by Gasteiger charge is -2.42. The number of nitrogens with one attached hydrogen (secondary N) is 1. The number of ether oxygens (including phenoxy) is 1. The molecule has 8 nitrogen and oxygen atoms in total. The number of hydrogen-bond acceptors (Lipinski definition) is 7. The summed E-state index contributed by atoms with van der Waals surface area (Å²) in [4.78, 5) is 22.7. The van der Waals surface area contributed by atoms with Crippen molar-refractivity contribution in [1.82, 2.24) is 14.9 Å². The zero-order valence-electron chi connectivity index (χ0n) is 14.4. The van der Waals surface area contributed by atoms with Crippen molar-refractivity contribution < 1.29 is 13.9 Å². The third-order valence-electron chi connectivity index (χ3n) is 5.28. The number of hydrogen-bond donors (Lipinski definition) is 1. The third kappa shape index (κ3) is 2.70. The maximum atomic E-state index is 12.6. The van der Waals surface area contributed by atoms with Gasteiger partial charge in [-0.3, -0.25) is 4.79 Å². The molecule has 26 heavy (non-hydrogen) atoms. The molecule has 2 saturated heterocycles. The van der Waals surface area contributed by atoms with Gasteiger partial charge in [-0.25, -0.2) is 9.97 Å². The number of furan rings is 1. The number of aromatic nitrogens is 2. The monoisotopic (exact) mass is 353 g/mol. The Morgan fingerprint density at radius 3 is 3.00 bits per heavy atom. The highest BCUT2D eigenvalue weighted by molar-refractivity contribution is 5.91. The number of carbonyl (C=O) groups excluding carboxylic acids is 1. The lowest BCUT2D eigenvalue weighted by molar-refractivity contribution is -0.124. The molecule has 1 atom stereocenters. The van der Waals surface area contributed by atoms with Gasteiger partial charge < -0.3 is 19.4 Å². The number of aryl methyl sites for hydroxylation is 1. The topological polar surface area (TPSA) is 104 Å². The molecule has 2 fully saturated rings. The summed E-state index contributed by atoms with van der Waals surface area (Å²) in [5.74, 6) is 0.995. The van der Waals surface area contributed by atoms with Crippen molar-refractivity contribution >= 4 is 11.7 Å². The van der Waals surface area contributed by atoms with Crippen molar-refractivity contribution in [1.29, 1.82) is 5.26 Å². The Balaban J connectivity index is 1.49. The van der Waals surface area contributed by atoms with E-state index in [2.05, 4.69) is 21.4 Å². The highest BCUT2D eigenvalue weighted by Crippen LogP contribution is 2.43. The minimum absolute atomic E-state index is 0.0515. The van der Waals surface area contributed by atoms with E-state index in [4.69, 9.17) is 9.15 Å². The maximum Gasteiger partial charge on any atom is 0.289 e. The lowest BCUT2D eigenvalue weighted by atomic mass is 9.76. The van der Waals surface area contributed by atoms with E-state index in [1.807, 2.05) is 4.90 Å². The molecular weight excluding hydrogens is 334 g/mol. The van der Waals surface area contributed by atoms with Crippen LogP contribution in [-0.2, 0) is 4.74 Å². The molecule has 1 N–H and O–H groups in total. The molecule has 4 heterocycles. The quantitative estimate of drug-likeness (QED) is 0.887. The minimum Gasteiger partial charge on any atom is -0.459 e. The minimum atomic E-state index is -0.0978. The normalized spacial score (nSPS) is 20.6. The zero-order valence-corrected chi connectivity index (χ0v) is 14.4. The molecule has 134 valence electrons. The van der Waals surface area contributed by atoms with E-state index in [-0.39, 0.29) is 17.2 Å². The molecule has 2 aliphatic heterocycles. The summed E-state index contributed by atoms with van der Waals surface area (Å²) >= 11 is 0. The Hall–Kier alpha value is -2.92. The fourth-order valence-electron chi connectivity index (χ4n) is 3.68. The lowest BCUT2D eigenvalue weighted by Crippen LogP contribution is -2.50. The second kappa shape index (κ2) is 6.42. The fourth-order valence-corrected chi connectivity index (χ4v) is 3.68. The van der Waals surface area contributed by atoms with Crippen LogP contribution >= 0.6 is 0 Å². The van der Waals surface area contributed by atoms with Crippen molar-refractivity contribution in [3.05, 3.63) is 41.7 Å². The van der Waals surface area contributed by atoms with Crippen LogP contribution < -0.4 is 5.32 Å². The van der Waals surface area contributed by atoms with Gasteiger partial charge in [-0.05, 0) is 19.1 Å². The summed E-state index contributed by atoms with van der Waals surface area (Å²) < 4.78 is 10.7. The van der Waals surface area contributed by atoms with Crippen LogP contribution in [0.5, 0.6) is 0 Å². The average Bonchev–Trinajstić information content (AvgIpc) is 3.27. The van der Waals surface area contributed by atoms with Crippen LogP contribution in [-0.4, -0.2) is 53.6 Å². The van der Waals surface area contributed by atoms with Crippen LogP contribution in [0.3, 0.4) is 0 Å². The summed E-state index contributed by atoms with van der Waals surface area (Å²) in [5.41, 5.74) is 1.05. The van der Waals surface area contributed by atoms with Crippen molar-refractivity contribution in [2.45, 2.75) is 6.92 Å². The van der Waals surface area contributed by atoms with E-state index >= 15 is 0 Å². The van der Waals surface area contributed by atoms with Gasteiger partial charge in [-0.15, -0.1) is 0 Å². The smallest absolute Gasteiger partial charge is 0.289 e. The first-order valence-electron chi connectivity index (χ1n) is 8.49. The molecular formula is C18H19N5O3. The van der Waals surface area contributed by atoms with Crippen molar-refractivity contribution in [2.24, 2.45) is 11.3 Å². The molecule has 0 bridgehead atoms. The van der Waals surface area contributed by atoms with Crippen molar-refractivity contribution in [3.63, 3.8) is 0 Å². The zero-order chi connectivity index (χ0) is 18.1. The largest absolute Gasteiger partial charge is 0.459 e. The first kappa shape index (κ1) is 16.5. The summed E-state index contributed by atoms with van der Waals surface area (Å²) in [6.45, 7) is 4.92. The molecule has 2 aromatic rings. The van der Waals surface area contributed by atoms with Crippen molar-refractivity contribution in [3.8, 4) is 6.07 Å². The Bertz CT molecular complexity index is 854. The first-order valence-corrected chi connectivity index (χ1v) is 8.49. The number of likely N-dealkylation sites (tertiary alicyclic amines) is 1. The molecule has 0 saturated carbocycles. The molecule has 8 heteroatoms. The summed E-state index contributed by atoms with van der Waals surface area (Å²) in [6, 6.07) is 5.54. The average molecular weight is 353 g/mol. The fraction of sp³-hybridized carbons (Fsp3) is 0.444. The number of amides is 1. The van der Waals surface area contributed by atoms with Gasteiger partial charge in [0.15, 0.2) is 5.76 Å². The number of nitriles is 1. The molecule has 2 aliphatic rings. The molecule has 4 rings (SSSR count). The number of nitrogens with zero attached hydrogens (tertiary/aromatic N) is 4. The Kier molecular flexibility index (Phi) is 4.09. The standard InChI is InChI=1S/C18H19N5O3/c1-12-14(5-19)16(22-11-21-12)20-6-13-7-23(8-18(13)9-25-10-18)17(24)15-3-2-4-26-15/h2-4,11,13H,6-10H2,1H3,(H,20,21,22). The second-order valence-electron chi connectivity index (χ2n) is 6.89. The molecule has 0 aliphatic carbocycles. The number of rotatable bonds is 4. The van der Waals surface area contributed by atoms with Gasteiger partial charge in [-0.2, -0.15) is 5.26 Å². The van der Waals surface area contributed by atoms with Gasteiger partial charge in [-0.1, -0.05) is 0 Å². The predicted molar refractivity (Wildman–Crippen MR) is 91.3 cm³/mol. The SMILES string of the molecule is Cc1ncnc(NCC2CN(C(=O)c3ccco3)CC23COC3)c1C#N. The summed E-state index contributed by atoms with van der Waals surface area (Å²) in [7, 11) is 0. The van der Waals surface area contributed by atoms with E-state index in [0.29, 0.717) is 55.7 Å². The van der Waals surface area contributed by atoms with Gasteiger partial charge in [0, 0.05) is 31.0 Å². The van der Waals surface area contributed by atoms with E-state index in [9.17, 15) is 10.1 Å². The van der Waals surface area contributed by atoms with E-state index in [1.165, 1.54) is 12.6 Å².